The monoisotopic (exact) mass is 210 g/mol. The summed E-state index contributed by atoms with van der Waals surface area (Å²) in [6, 6.07) is 0. The molecule has 15 heavy (non-hydrogen) atoms. The van der Waals surface area contributed by atoms with E-state index in [1.807, 2.05) is 0 Å². The molecule has 3 aliphatic rings. The minimum absolute atomic E-state index is 0.142. The third-order valence-corrected chi connectivity index (χ3v) is 4.80. The number of carbonyl (C=O) groups excluding carboxylic acids is 1. The van der Waals surface area contributed by atoms with Gasteiger partial charge in [0.05, 0.1) is 6.61 Å². The lowest BCUT2D eigenvalue weighted by atomic mass is 9.45. The standard InChI is InChI=1S/C13H22O2/c1-9(14)15-7-6-10-4-5-11-8-12(10)13(11,2)3/h10-12H,4-8H2,1-3H3/t10?,11-,12-/m0/s1. The molecule has 2 nitrogen and oxygen atoms in total. The molecule has 0 aromatic rings. The normalized spacial score (nSPS) is 36.9. The largest absolute Gasteiger partial charge is 0.466 e. The number of carbonyl (C=O) groups is 1. The highest BCUT2D eigenvalue weighted by Gasteiger charge is 2.53. The van der Waals surface area contributed by atoms with Crippen LogP contribution in [0.1, 0.15) is 46.5 Å². The van der Waals surface area contributed by atoms with Gasteiger partial charge in [-0.3, -0.25) is 4.79 Å². The first-order chi connectivity index (χ1) is 7.01. The van der Waals surface area contributed by atoms with E-state index >= 15 is 0 Å². The van der Waals surface area contributed by atoms with Crippen molar-refractivity contribution in [2.75, 3.05) is 6.61 Å². The molecule has 1 unspecified atom stereocenters. The fraction of sp³-hybridized carbons (Fsp3) is 0.923. The van der Waals surface area contributed by atoms with E-state index in [4.69, 9.17) is 4.74 Å². The molecule has 3 atom stereocenters. The lowest BCUT2D eigenvalue weighted by Gasteiger charge is -2.60. The van der Waals surface area contributed by atoms with Crippen molar-refractivity contribution in [3.8, 4) is 0 Å². The number of fused-ring (bicyclic) bond motifs is 2. The second-order valence-electron chi connectivity index (χ2n) is 5.83. The van der Waals surface area contributed by atoms with Gasteiger partial charge in [0.1, 0.15) is 0 Å². The zero-order valence-corrected chi connectivity index (χ0v) is 10.1. The fourth-order valence-corrected chi connectivity index (χ4v) is 3.66. The molecule has 3 aliphatic carbocycles. The summed E-state index contributed by atoms with van der Waals surface area (Å²) in [5.74, 6) is 2.50. The average molecular weight is 210 g/mol. The summed E-state index contributed by atoms with van der Waals surface area (Å²) in [5, 5.41) is 0. The van der Waals surface area contributed by atoms with Crippen molar-refractivity contribution >= 4 is 5.97 Å². The van der Waals surface area contributed by atoms with Crippen molar-refractivity contribution in [2.45, 2.75) is 46.5 Å². The van der Waals surface area contributed by atoms with E-state index in [1.165, 1.54) is 26.2 Å². The molecule has 86 valence electrons. The van der Waals surface area contributed by atoms with E-state index in [-0.39, 0.29) is 5.97 Å². The molecule has 0 saturated heterocycles. The molecule has 0 aromatic carbocycles. The zero-order valence-electron chi connectivity index (χ0n) is 10.1. The minimum atomic E-state index is -0.142. The number of hydrogen-bond acceptors (Lipinski definition) is 2. The highest BCUT2D eigenvalue weighted by atomic mass is 16.5. The molecule has 3 fully saturated rings. The van der Waals surface area contributed by atoms with Crippen LogP contribution in [0.4, 0.5) is 0 Å². The summed E-state index contributed by atoms with van der Waals surface area (Å²) < 4.78 is 5.04. The van der Waals surface area contributed by atoms with Crippen molar-refractivity contribution < 1.29 is 9.53 Å². The lowest BCUT2D eigenvalue weighted by molar-refractivity contribution is -0.144. The van der Waals surface area contributed by atoms with Gasteiger partial charge < -0.3 is 4.74 Å². The second kappa shape index (κ2) is 3.80. The van der Waals surface area contributed by atoms with Crippen molar-refractivity contribution in [3.63, 3.8) is 0 Å². The summed E-state index contributed by atoms with van der Waals surface area (Å²) in [4.78, 5) is 10.7. The fourth-order valence-electron chi connectivity index (χ4n) is 3.66. The molecule has 0 spiro atoms. The Kier molecular flexibility index (Phi) is 2.78. The smallest absolute Gasteiger partial charge is 0.302 e. The Morgan fingerprint density at radius 2 is 2.13 bits per heavy atom. The van der Waals surface area contributed by atoms with Crippen LogP contribution in [-0.4, -0.2) is 12.6 Å². The maximum atomic E-state index is 10.7. The zero-order chi connectivity index (χ0) is 11.1. The van der Waals surface area contributed by atoms with Gasteiger partial charge >= 0.3 is 5.97 Å². The quantitative estimate of drug-likeness (QED) is 0.669. The van der Waals surface area contributed by atoms with E-state index < -0.39 is 0 Å². The van der Waals surface area contributed by atoms with Crippen LogP contribution in [-0.2, 0) is 9.53 Å². The number of ether oxygens (including phenoxy) is 1. The summed E-state index contributed by atoms with van der Waals surface area (Å²) in [6.07, 6.45) is 5.21. The number of esters is 1. The third-order valence-electron chi connectivity index (χ3n) is 4.80. The number of hydrogen-bond donors (Lipinski definition) is 0. The molecule has 0 amide bonds. The van der Waals surface area contributed by atoms with Gasteiger partial charge in [-0.1, -0.05) is 13.8 Å². The molecule has 2 bridgehead atoms. The maximum absolute atomic E-state index is 10.7. The molecule has 3 saturated carbocycles. The van der Waals surface area contributed by atoms with Gasteiger partial charge in [-0.2, -0.15) is 0 Å². The second-order valence-corrected chi connectivity index (χ2v) is 5.83. The predicted octanol–water partition coefficient (Wildman–Crippen LogP) is 3.01. The molecule has 0 N–H and O–H groups in total. The lowest BCUT2D eigenvalue weighted by Crippen LogP contribution is -2.52. The van der Waals surface area contributed by atoms with Crippen LogP contribution in [0, 0.1) is 23.2 Å². The van der Waals surface area contributed by atoms with Crippen LogP contribution in [0.25, 0.3) is 0 Å². The molecule has 2 heteroatoms. The van der Waals surface area contributed by atoms with E-state index in [0.717, 1.165) is 24.2 Å². The summed E-state index contributed by atoms with van der Waals surface area (Å²) in [5.41, 5.74) is 0.555. The van der Waals surface area contributed by atoms with Gasteiger partial charge in [0.25, 0.3) is 0 Å². The Labute approximate surface area is 92.4 Å². The minimum Gasteiger partial charge on any atom is -0.466 e. The Hall–Kier alpha value is -0.530. The Morgan fingerprint density at radius 1 is 1.40 bits per heavy atom. The molecular weight excluding hydrogens is 188 g/mol. The Bertz CT molecular complexity index is 255. The molecule has 0 aromatic heterocycles. The van der Waals surface area contributed by atoms with Crippen molar-refractivity contribution in [1.29, 1.82) is 0 Å². The van der Waals surface area contributed by atoms with E-state index in [1.54, 1.807) is 0 Å². The van der Waals surface area contributed by atoms with Crippen LogP contribution < -0.4 is 0 Å². The van der Waals surface area contributed by atoms with Gasteiger partial charge in [0.2, 0.25) is 0 Å². The van der Waals surface area contributed by atoms with Crippen LogP contribution >= 0.6 is 0 Å². The average Bonchev–Trinajstić information content (AvgIpc) is 2.17. The Morgan fingerprint density at radius 3 is 2.67 bits per heavy atom. The highest BCUT2D eigenvalue weighted by Crippen LogP contribution is 2.61. The molecule has 3 rings (SSSR count). The first-order valence-electron chi connectivity index (χ1n) is 6.15. The summed E-state index contributed by atoms with van der Waals surface area (Å²) in [7, 11) is 0. The predicted molar refractivity (Wildman–Crippen MR) is 59.4 cm³/mol. The van der Waals surface area contributed by atoms with Crippen molar-refractivity contribution in [1.82, 2.24) is 0 Å². The molecule has 0 heterocycles. The van der Waals surface area contributed by atoms with E-state index in [9.17, 15) is 4.79 Å². The van der Waals surface area contributed by atoms with Gasteiger partial charge in [-0.05, 0) is 48.9 Å². The first-order valence-corrected chi connectivity index (χ1v) is 6.15. The van der Waals surface area contributed by atoms with E-state index in [0.29, 0.717) is 12.0 Å². The summed E-state index contributed by atoms with van der Waals surface area (Å²) in [6.45, 7) is 6.93. The highest BCUT2D eigenvalue weighted by molar-refractivity contribution is 5.65. The topological polar surface area (TPSA) is 26.3 Å². The van der Waals surface area contributed by atoms with E-state index in [2.05, 4.69) is 13.8 Å². The summed E-state index contributed by atoms with van der Waals surface area (Å²) >= 11 is 0. The van der Waals surface area contributed by atoms with Gasteiger partial charge in [-0.15, -0.1) is 0 Å². The molecule has 0 radical (unpaired) electrons. The van der Waals surface area contributed by atoms with Crippen molar-refractivity contribution in [2.24, 2.45) is 23.2 Å². The van der Waals surface area contributed by atoms with Crippen molar-refractivity contribution in [3.05, 3.63) is 0 Å². The maximum Gasteiger partial charge on any atom is 0.302 e. The molecular formula is C13H22O2. The van der Waals surface area contributed by atoms with Gasteiger partial charge in [-0.25, -0.2) is 0 Å². The van der Waals surface area contributed by atoms with Gasteiger partial charge in [0, 0.05) is 6.92 Å². The van der Waals surface area contributed by atoms with Crippen LogP contribution in [0.2, 0.25) is 0 Å². The SMILES string of the molecule is CC(=O)OCCC1CC[C@H]2C[C@@H]1C2(C)C. The first kappa shape index (κ1) is 11.0. The number of rotatable bonds is 3. The van der Waals surface area contributed by atoms with Crippen LogP contribution in [0.15, 0.2) is 0 Å². The Balaban J connectivity index is 1.81. The van der Waals surface area contributed by atoms with Gasteiger partial charge in [0.15, 0.2) is 0 Å². The van der Waals surface area contributed by atoms with Crippen LogP contribution in [0.3, 0.4) is 0 Å². The van der Waals surface area contributed by atoms with Crippen LogP contribution in [0.5, 0.6) is 0 Å². The third kappa shape index (κ3) is 1.91. The molecule has 0 aliphatic heterocycles.